The van der Waals surface area contributed by atoms with E-state index in [2.05, 4.69) is 10.1 Å². The first kappa shape index (κ1) is 9.39. The van der Waals surface area contributed by atoms with Crippen molar-refractivity contribution in [3.05, 3.63) is 29.6 Å². The summed E-state index contributed by atoms with van der Waals surface area (Å²) in [4.78, 5) is 4.41. The van der Waals surface area contributed by atoms with Crippen LogP contribution >= 0.6 is 0 Å². The lowest BCUT2D eigenvalue weighted by molar-refractivity contribution is 0.422. The fourth-order valence-corrected chi connectivity index (χ4v) is 1.83. The van der Waals surface area contributed by atoms with E-state index in [1.54, 1.807) is 0 Å². The number of rotatable bonds is 2. The lowest BCUT2D eigenvalue weighted by Gasteiger charge is -2.03. The third-order valence-corrected chi connectivity index (χ3v) is 2.90. The summed E-state index contributed by atoms with van der Waals surface area (Å²) in [6.07, 6.45) is 2.34. The molecule has 2 aromatic rings. The summed E-state index contributed by atoms with van der Waals surface area (Å²) in [5.74, 6) is 1.86. The third-order valence-electron chi connectivity index (χ3n) is 2.90. The highest BCUT2D eigenvalue weighted by Gasteiger charge is 2.29. The van der Waals surface area contributed by atoms with E-state index >= 15 is 0 Å². The minimum atomic E-state index is 0.503. The quantitative estimate of drug-likeness (QED) is 0.782. The second-order valence-electron chi connectivity index (χ2n) is 4.27. The maximum Gasteiger partial charge on any atom is 0.260 e. The van der Waals surface area contributed by atoms with Gasteiger partial charge in [-0.05, 0) is 31.4 Å². The minimum Gasteiger partial charge on any atom is -0.398 e. The highest BCUT2D eigenvalue weighted by molar-refractivity contribution is 5.73. The molecule has 1 saturated carbocycles. The summed E-state index contributed by atoms with van der Waals surface area (Å²) in [5.41, 5.74) is 8.54. The normalized spacial score (nSPS) is 15.3. The van der Waals surface area contributed by atoms with Crippen LogP contribution in [0.25, 0.3) is 11.5 Å². The number of aromatic nitrogens is 2. The largest absolute Gasteiger partial charge is 0.398 e. The van der Waals surface area contributed by atoms with Crippen LogP contribution in [0.3, 0.4) is 0 Å². The van der Waals surface area contributed by atoms with Gasteiger partial charge in [0.25, 0.3) is 5.89 Å². The first-order valence-corrected chi connectivity index (χ1v) is 5.45. The van der Waals surface area contributed by atoms with Gasteiger partial charge in [-0.2, -0.15) is 4.98 Å². The molecule has 0 bridgehead atoms. The molecule has 82 valence electrons. The molecular formula is C12H13N3O. The van der Waals surface area contributed by atoms with E-state index < -0.39 is 0 Å². The summed E-state index contributed by atoms with van der Waals surface area (Å²) >= 11 is 0. The van der Waals surface area contributed by atoms with Gasteiger partial charge in [0.2, 0.25) is 0 Å². The molecule has 4 nitrogen and oxygen atoms in total. The van der Waals surface area contributed by atoms with Crippen LogP contribution in [0.1, 0.15) is 30.1 Å². The SMILES string of the molecule is Cc1cccc(N)c1-c1nc(C2CC2)no1. The van der Waals surface area contributed by atoms with Crippen molar-refractivity contribution >= 4 is 5.69 Å². The van der Waals surface area contributed by atoms with Crippen LogP contribution in [0.5, 0.6) is 0 Å². The van der Waals surface area contributed by atoms with Gasteiger partial charge in [0.05, 0.1) is 5.56 Å². The van der Waals surface area contributed by atoms with Crippen LogP contribution in [-0.2, 0) is 0 Å². The van der Waals surface area contributed by atoms with E-state index in [4.69, 9.17) is 10.3 Å². The third kappa shape index (κ3) is 1.46. The highest BCUT2D eigenvalue weighted by Crippen LogP contribution is 2.39. The van der Waals surface area contributed by atoms with E-state index in [-0.39, 0.29) is 0 Å². The van der Waals surface area contributed by atoms with Crippen LogP contribution in [0.15, 0.2) is 22.7 Å². The molecule has 3 rings (SSSR count). The summed E-state index contributed by atoms with van der Waals surface area (Å²) in [6, 6.07) is 5.77. The summed E-state index contributed by atoms with van der Waals surface area (Å²) in [6.45, 7) is 1.99. The minimum absolute atomic E-state index is 0.503. The van der Waals surface area contributed by atoms with Crippen molar-refractivity contribution < 1.29 is 4.52 Å². The molecule has 0 saturated heterocycles. The Bertz CT molecular complexity index is 509. The Morgan fingerprint density at radius 2 is 2.19 bits per heavy atom. The van der Waals surface area contributed by atoms with Crippen molar-refractivity contribution in [3.63, 3.8) is 0 Å². The van der Waals surface area contributed by atoms with E-state index in [0.29, 0.717) is 17.5 Å². The molecule has 0 unspecified atom stereocenters. The Balaban J connectivity index is 2.06. The Morgan fingerprint density at radius 3 is 2.88 bits per heavy atom. The number of hydrogen-bond donors (Lipinski definition) is 1. The molecule has 0 atom stereocenters. The topological polar surface area (TPSA) is 64.9 Å². The zero-order chi connectivity index (χ0) is 11.1. The predicted molar refractivity (Wildman–Crippen MR) is 60.9 cm³/mol. The Hall–Kier alpha value is -1.84. The Kier molecular flexibility index (Phi) is 1.96. The smallest absolute Gasteiger partial charge is 0.260 e. The summed E-state index contributed by atoms with van der Waals surface area (Å²) < 4.78 is 5.27. The Morgan fingerprint density at radius 1 is 1.38 bits per heavy atom. The van der Waals surface area contributed by atoms with E-state index in [0.717, 1.165) is 17.0 Å². The van der Waals surface area contributed by atoms with Crippen molar-refractivity contribution in [1.29, 1.82) is 0 Å². The number of nitrogens with two attached hydrogens (primary N) is 1. The van der Waals surface area contributed by atoms with Crippen molar-refractivity contribution in [1.82, 2.24) is 10.1 Å². The van der Waals surface area contributed by atoms with Crippen LogP contribution in [-0.4, -0.2) is 10.1 Å². The number of benzene rings is 1. The van der Waals surface area contributed by atoms with E-state index in [1.165, 1.54) is 12.8 Å². The first-order chi connectivity index (χ1) is 7.75. The van der Waals surface area contributed by atoms with Gasteiger partial charge in [-0.3, -0.25) is 0 Å². The second-order valence-corrected chi connectivity index (χ2v) is 4.27. The summed E-state index contributed by atoms with van der Waals surface area (Å²) in [7, 11) is 0. The van der Waals surface area contributed by atoms with Crippen molar-refractivity contribution in [3.8, 4) is 11.5 Å². The fourth-order valence-electron chi connectivity index (χ4n) is 1.83. The van der Waals surface area contributed by atoms with Crippen LogP contribution in [0, 0.1) is 6.92 Å². The molecule has 4 heteroatoms. The number of anilines is 1. The maximum atomic E-state index is 5.93. The zero-order valence-corrected chi connectivity index (χ0v) is 9.10. The maximum absolute atomic E-state index is 5.93. The molecule has 16 heavy (non-hydrogen) atoms. The van der Waals surface area contributed by atoms with Gasteiger partial charge < -0.3 is 10.3 Å². The van der Waals surface area contributed by atoms with Gasteiger partial charge in [-0.25, -0.2) is 0 Å². The number of hydrogen-bond acceptors (Lipinski definition) is 4. The van der Waals surface area contributed by atoms with Crippen molar-refractivity contribution in [2.24, 2.45) is 0 Å². The van der Waals surface area contributed by atoms with Crippen molar-refractivity contribution in [2.45, 2.75) is 25.7 Å². The monoisotopic (exact) mass is 215 g/mol. The van der Waals surface area contributed by atoms with E-state index in [1.807, 2.05) is 25.1 Å². The average molecular weight is 215 g/mol. The van der Waals surface area contributed by atoms with Gasteiger partial charge in [0.15, 0.2) is 5.82 Å². The van der Waals surface area contributed by atoms with Crippen LogP contribution in [0.2, 0.25) is 0 Å². The molecule has 1 aromatic carbocycles. The van der Waals surface area contributed by atoms with Crippen LogP contribution < -0.4 is 5.73 Å². The standard InChI is InChI=1S/C12H13N3O/c1-7-3-2-4-9(13)10(7)12-14-11(15-16-12)8-5-6-8/h2-4,8H,5-6,13H2,1H3. The van der Waals surface area contributed by atoms with Crippen molar-refractivity contribution in [2.75, 3.05) is 5.73 Å². The Labute approximate surface area is 93.5 Å². The molecule has 1 aliphatic carbocycles. The molecule has 0 amide bonds. The fraction of sp³-hybridized carbons (Fsp3) is 0.333. The molecule has 1 heterocycles. The van der Waals surface area contributed by atoms with Gasteiger partial charge >= 0.3 is 0 Å². The lowest BCUT2D eigenvalue weighted by Crippen LogP contribution is -1.93. The second kappa shape index (κ2) is 3.33. The number of nitrogen functional groups attached to an aromatic ring is 1. The van der Waals surface area contributed by atoms with Gasteiger partial charge in [0.1, 0.15) is 0 Å². The number of aryl methyl sites for hydroxylation is 1. The average Bonchev–Trinajstić information content (AvgIpc) is 2.99. The number of nitrogens with zero attached hydrogens (tertiary/aromatic N) is 2. The highest BCUT2D eigenvalue weighted by atomic mass is 16.5. The van der Waals surface area contributed by atoms with Crippen LogP contribution in [0.4, 0.5) is 5.69 Å². The molecule has 0 spiro atoms. The van der Waals surface area contributed by atoms with Gasteiger partial charge in [-0.15, -0.1) is 0 Å². The summed E-state index contributed by atoms with van der Waals surface area (Å²) in [5, 5.41) is 4.00. The predicted octanol–water partition coefficient (Wildman–Crippen LogP) is 2.50. The molecule has 0 radical (unpaired) electrons. The molecule has 1 fully saturated rings. The van der Waals surface area contributed by atoms with E-state index in [9.17, 15) is 0 Å². The lowest BCUT2D eigenvalue weighted by atomic mass is 10.1. The first-order valence-electron chi connectivity index (χ1n) is 5.45. The zero-order valence-electron chi connectivity index (χ0n) is 9.10. The molecule has 1 aliphatic rings. The van der Waals surface area contributed by atoms with Gasteiger partial charge in [0, 0.05) is 11.6 Å². The molecule has 1 aromatic heterocycles. The molecular weight excluding hydrogens is 202 g/mol. The molecule has 2 N–H and O–H groups in total. The van der Waals surface area contributed by atoms with Gasteiger partial charge in [-0.1, -0.05) is 17.3 Å². The molecule has 0 aliphatic heterocycles.